The average molecular weight is 495 g/mol. The zero-order valence-electron chi connectivity index (χ0n) is 20.1. The van der Waals surface area contributed by atoms with Gasteiger partial charge in [0.05, 0.1) is 18.3 Å². The molecule has 6 rings (SSSR count). The Morgan fingerprint density at radius 3 is 2.80 bits per heavy atom. The molecule has 184 valence electrons. The summed E-state index contributed by atoms with van der Waals surface area (Å²) < 4.78 is 10.1. The Morgan fingerprint density at radius 1 is 1.23 bits per heavy atom. The van der Waals surface area contributed by atoms with Crippen LogP contribution in [0.4, 0.5) is 0 Å². The number of methoxy groups -OCH3 is 1. The number of carbonyl (C=O) groups is 1. The molecule has 9 heteroatoms. The van der Waals surface area contributed by atoms with E-state index in [2.05, 4.69) is 26.3 Å². The highest BCUT2D eigenvalue weighted by Gasteiger charge is 2.28. The van der Waals surface area contributed by atoms with Crippen LogP contribution in [-0.4, -0.2) is 56.2 Å². The lowest BCUT2D eigenvalue weighted by Crippen LogP contribution is -2.45. The first kappa shape index (κ1) is 23.6. The summed E-state index contributed by atoms with van der Waals surface area (Å²) in [4.78, 5) is 24.8. The first-order valence-electron chi connectivity index (χ1n) is 12.1. The molecular weight excluding hydrogens is 464 g/mol. The lowest BCUT2D eigenvalue weighted by Gasteiger charge is -2.30. The molecule has 1 aromatic carbocycles. The van der Waals surface area contributed by atoms with Crippen LogP contribution < -0.4 is 10.5 Å². The highest BCUT2D eigenvalue weighted by atomic mass is 35.5. The molecule has 1 amide bonds. The lowest BCUT2D eigenvalue weighted by atomic mass is 10.0. The van der Waals surface area contributed by atoms with E-state index in [-0.39, 0.29) is 24.4 Å². The number of carbonyl (C=O) groups excluding carboxylic acids is 1. The van der Waals surface area contributed by atoms with Gasteiger partial charge in [0, 0.05) is 49.9 Å². The Balaban J connectivity index is 0.00000253. The van der Waals surface area contributed by atoms with Crippen molar-refractivity contribution >= 4 is 40.4 Å². The molecule has 1 aliphatic heterocycles. The molecule has 1 aliphatic carbocycles. The van der Waals surface area contributed by atoms with Gasteiger partial charge in [-0.1, -0.05) is 0 Å². The first-order valence-corrected chi connectivity index (χ1v) is 12.1. The fraction of sp³-hybridized carbons (Fsp3) is 0.423. The van der Waals surface area contributed by atoms with Gasteiger partial charge in [0.1, 0.15) is 16.9 Å². The number of imidazole rings is 1. The van der Waals surface area contributed by atoms with E-state index in [9.17, 15) is 4.79 Å². The van der Waals surface area contributed by atoms with Gasteiger partial charge in [-0.2, -0.15) is 0 Å². The van der Waals surface area contributed by atoms with Crippen molar-refractivity contribution in [3.63, 3.8) is 0 Å². The minimum Gasteiger partial charge on any atom is -0.494 e. The van der Waals surface area contributed by atoms with Crippen molar-refractivity contribution in [2.75, 3.05) is 20.2 Å². The van der Waals surface area contributed by atoms with Crippen LogP contribution in [0.5, 0.6) is 5.75 Å². The summed E-state index contributed by atoms with van der Waals surface area (Å²) in [6, 6.07) is 9.98. The normalized spacial score (nSPS) is 18.1. The third-order valence-corrected chi connectivity index (χ3v) is 7.17. The molecule has 4 aromatic rings. The average Bonchev–Trinajstić information content (AvgIpc) is 3.52. The predicted molar refractivity (Wildman–Crippen MR) is 139 cm³/mol. The SMILES string of the molecule is COc1cc(C(=O)N2CCC[C@@H](N)C2)cc2nc(-c3cc4cccnc4n3CC3CC3)n(C)c12.Cl. The molecule has 8 nitrogen and oxygen atoms in total. The maximum atomic E-state index is 13.3. The summed E-state index contributed by atoms with van der Waals surface area (Å²) in [6.07, 6.45) is 6.25. The van der Waals surface area contributed by atoms with Gasteiger partial charge in [-0.15, -0.1) is 12.4 Å². The molecule has 4 heterocycles. The van der Waals surface area contributed by atoms with Crippen LogP contribution in [0.1, 0.15) is 36.0 Å². The number of piperidine rings is 1. The van der Waals surface area contributed by atoms with Crippen molar-refractivity contribution in [2.45, 2.75) is 38.3 Å². The van der Waals surface area contributed by atoms with Crippen LogP contribution in [0.2, 0.25) is 0 Å². The maximum absolute atomic E-state index is 13.3. The van der Waals surface area contributed by atoms with Crippen molar-refractivity contribution < 1.29 is 9.53 Å². The topological polar surface area (TPSA) is 91.2 Å². The number of nitrogens with zero attached hydrogens (tertiary/aromatic N) is 5. The van der Waals surface area contributed by atoms with Crippen LogP contribution in [0, 0.1) is 5.92 Å². The number of hydrogen-bond acceptors (Lipinski definition) is 5. The van der Waals surface area contributed by atoms with Crippen molar-refractivity contribution in [2.24, 2.45) is 18.7 Å². The number of aromatic nitrogens is 4. The highest BCUT2D eigenvalue weighted by molar-refractivity contribution is 6.00. The molecule has 0 unspecified atom stereocenters. The van der Waals surface area contributed by atoms with Crippen LogP contribution in [0.3, 0.4) is 0 Å². The third kappa shape index (κ3) is 4.15. The van der Waals surface area contributed by atoms with Crippen molar-refractivity contribution in [3.05, 3.63) is 42.1 Å². The fourth-order valence-corrected chi connectivity index (χ4v) is 5.21. The number of fused-ring (bicyclic) bond motifs is 2. The van der Waals surface area contributed by atoms with E-state index < -0.39 is 0 Å². The number of pyridine rings is 1. The number of likely N-dealkylation sites (tertiary alicyclic amines) is 1. The number of rotatable bonds is 5. The number of hydrogen-bond donors (Lipinski definition) is 1. The van der Waals surface area contributed by atoms with Gasteiger partial charge >= 0.3 is 0 Å². The zero-order chi connectivity index (χ0) is 23.4. The van der Waals surface area contributed by atoms with E-state index in [0.29, 0.717) is 23.8 Å². The maximum Gasteiger partial charge on any atom is 0.254 e. The second kappa shape index (κ2) is 9.17. The van der Waals surface area contributed by atoms with Gasteiger partial charge in [0.15, 0.2) is 5.82 Å². The summed E-state index contributed by atoms with van der Waals surface area (Å²) in [5.74, 6) is 2.17. The monoisotopic (exact) mass is 494 g/mol. The Kier molecular flexibility index (Phi) is 6.19. The van der Waals surface area contributed by atoms with E-state index in [4.69, 9.17) is 15.5 Å². The van der Waals surface area contributed by atoms with Gasteiger partial charge in [-0.05, 0) is 61.9 Å². The van der Waals surface area contributed by atoms with Gasteiger partial charge in [0.2, 0.25) is 0 Å². The number of nitrogens with two attached hydrogens (primary N) is 1. The number of halogens is 1. The Labute approximate surface area is 210 Å². The summed E-state index contributed by atoms with van der Waals surface area (Å²) in [5.41, 5.74) is 10.4. The van der Waals surface area contributed by atoms with E-state index in [1.807, 2.05) is 36.3 Å². The standard InChI is InChI=1S/C26H30N6O2.ClH/c1-30-23-20(11-18(13-22(23)34-2)26(33)31-10-4-6-19(27)15-31)29-25(30)21-12-17-5-3-9-28-24(17)32(21)14-16-7-8-16;/h3,5,9,11-13,16,19H,4,6-8,10,14-15,27H2,1-2H3;1H/t19-;/m1./s1. The fourth-order valence-electron chi connectivity index (χ4n) is 5.21. The van der Waals surface area contributed by atoms with E-state index in [1.165, 1.54) is 12.8 Å². The van der Waals surface area contributed by atoms with Gasteiger partial charge in [0.25, 0.3) is 5.91 Å². The second-order valence-electron chi connectivity index (χ2n) is 9.69. The van der Waals surface area contributed by atoms with Gasteiger partial charge in [-0.3, -0.25) is 4.79 Å². The molecule has 0 radical (unpaired) electrons. The number of ether oxygens (including phenoxy) is 1. The molecule has 1 saturated heterocycles. The molecule has 1 atom stereocenters. The second-order valence-corrected chi connectivity index (χ2v) is 9.69. The molecule has 2 N–H and O–H groups in total. The van der Waals surface area contributed by atoms with E-state index in [1.54, 1.807) is 7.11 Å². The highest BCUT2D eigenvalue weighted by Crippen LogP contribution is 2.37. The minimum atomic E-state index is -0.0189. The largest absolute Gasteiger partial charge is 0.494 e. The Morgan fingerprint density at radius 2 is 2.06 bits per heavy atom. The van der Waals surface area contributed by atoms with Crippen LogP contribution in [-0.2, 0) is 13.6 Å². The van der Waals surface area contributed by atoms with Crippen LogP contribution in [0.25, 0.3) is 33.6 Å². The molecule has 2 aliphatic rings. The number of amides is 1. The van der Waals surface area contributed by atoms with Gasteiger partial charge < -0.3 is 24.5 Å². The molecule has 1 saturated carbocycles. The first-order chi connectivity index (χ1) is 16.5. The lowest BCUT2D eigenvalue weighted by molar-refractivity contribution is 0.0708. The zero-order valence-corrected chi connectivity index (χ0v) is 20.9. The van der Waals surface area contributed by atoms with E-state index >= 15 is 0 Å². The number of benzene rings is 1. The van der Waals surface area contributed by atoms with Crippen molar-refractivity contribution in [3.8, 4) is 17.3 Å². The summed E-state index contributed by atoms with van der Waals surface area (Å²) in [6.45, 7) is 2.25. The quantitative estimate of drug-likeness (QED) is 0.453. The predicted octanol–water partition coefficient (Wildman–Crippen LogP) is 3.99. The summed E-state index contributed by atoms with van der Waals surface area (Å²) in [7, 11) is 3.64. The summed E-state index contributed by atoms with van der Waals surface area (Å²) >= 11 is 0. The van der Waals surface area contributed by atoms with Gasteiger partial charge in [-0.25, -0.2) is 9.97 Å². The molecule has 0 spiro atoms. The molecule has 3 aromatic heterocycles. The summed E-state index contributed by atoms with van der Waals surface area (Å²) in [5, 5.41) is 1.11. The van der Waals surface area contributed by atoms with E-state index in [0.717, 1.165) is 59.5 Å². The number of aryl methyl sites for hydroxylation is 1. The minimum absolute atomic E-state index is 0. The Bertz CT molecular complexity index is 1410. The van der Waals surface area contributed by atoms with Crippen LogP contribution >= 0.6 is 12.4 Å². The third-order valence-electron chi connectivity index (χ3n) is 7.17. The smallest absolute Gasteiger partial charge is 0.254 e. The molecule has 0 bridgehead atoms. The molecule has 2 fully saturated rings. The van der Waals surface area contributed by atoms with Crippen molar-refractivity contribution in [1.82, 2.24) is 24.0 Å². The van der Waals surface area contributed by atoms with Crippen LogP contribution in [0.15, 0.2) is 36.5 Å². The molecule has 35 heavy (non-hydrogen) atoms. The Hall–Kier alpha value is -3.10. The van der Waals surface area contributed by atoms with Crippen molar-refractivity contribution in [1.29, 1.82) is 0 Å². The molecular formula is C26H31ClN6O2.